The molecular weight excluding hydrogens is 380 g/mol. The van der Waals surface area contributed by atoms with Crippen LogP contribution in [0.1, 0.15) is 26.2 Å². The predicted octanol–water partition coefficient (Wildman–Crippen LogP) is 3.60. The lowest BCUT2D eigenvalue weighted by Crippen LogP contribution is -2.40. The molecule has 6 nitrogen and oxygen atoms in total. The summed E-state index contributed by atoms with van der Waals surface area (Å²) in [5.74, 6) is -4.04. The van der Waals surface area contributed by atoms with Gasteiger partial charge in [-0.2, -0.15) is 8.78 Å². The van der Waals surface area contributed by atoms with Gasteiger partial charge >= 0.3 is 18.4 Å². The van der Waals surface area contributed by atoms with Crippen LogP contribution in [-0.4, -0.2) is 61.0 Å². The molecule has 0 aromatic carbocycles. The summed E-state index contributed by atoms with van der Waals surface area (Å²) in [4.78, 5) is 18.1. The average Bonchev–Trinajstić information content (AvgIpc) is 2.67. The molecule has 158 valence electrons. The quantitative estimate of drug-likeness (QED) is 0.615. The summed E-state index contributed by atoms with van der Waals surface area (Å²) in [7, 11) is 0. The number of hydrogen-bond donors (Lipinski definition) is 2. The highest BCUT2D eigenvalue weighted by Gasteiger charge is 2.41. The fourth-order valence-corrected chi connectivity index (χ4v) is 2.92. The normalized spacial score (nSPS) is 16.2. The number of hydrogen-bond acceptors (Lipinski definition) is 4. The summed E-state index contributed by atoms with van der Waals surface area (Å²) in [5.41, 5.74) is 0.336. The Morgan fingerprint density at radius 2 is 2.07 bits per heavy atom. The molecule has 28 heavy (non-hydrogen) atoms. The van der Waals surface area contributed by atoms with Crippen LogP contribution >= 0.6 is 0 Å². The van der Waals surface area contributed by atoms with Gasteiger partial charge in [-0.25, -0.2) is 18.6 Å². The molecule has 0 spiro atoms. The van der Waals surface area contributed by atoms with Crippen LogP contribution in [0.4, 0.5) is 28.0 Å². The molecule has 0 unspecified atom stereocenters. The minimum Gasteiger partial charge on any atom is -0.471 e. The van der Waals surface area contributed by atoms with Crippen molar-refractivity contribution in [2.75, 3.05) is 38.1 Å². The Morgan fingerprint density at radius 1 is 1.36 bits per heavy atom. The van der Waals surface area contributed by atoms with E-state index in [1.165, 1.54) is 18.3 Å². The van der Waals surface area contributed by atoms with E-state index in [0.29, 0.717) is 18.2 Å². The van der Waals surface area contributed by atoms with Gasteiger partial charge in [-0.3, -0.25) is 0 Å². The smallest absolute Gasteiger partial charge is 0.340 e. The second-order valence-corrected chi connectivity index (χ2v) is 6.86. The Balaban J connectivity index is 1.70. The lowest BCUT2D eigenvalue weighted by atomic mass is 9.97. The second-order valence-electron chi connectivity index (χ2n) is 6.86. The molecule has 0 atom stereocenters. The molecule has 1 aliphatic heterocycles. The van der Waals surface area contributed by atoms with E-state index in [9.17, 15) is 22.4 Å². The molecule has 1 fully saturated rings. The topological polar surface area (TPSA) is 66.5 Å². The molecule has 0 saturated carbocycles. The zero-order valence-electron chi connectivity index (χ0n) is 15.8. The maximum absolute atomic E-state index is 12.8. The highest BCUT2D eigenvalue weighted by Crippen LogP contribution is 2.24. The SMILES string of the molecule is CCCN1CCC(CNC(=O)Nc2ccc(OCC(F)(F)C(F)F)nc2)CC1. The van der Waals surface area contributed by atoms with Crippen molar-refractivity contribution in [3.05, 3.63) is 18.3 Å². The fraction of sp³-hybridized carbons (Fsp3) is 0.667. The minimum atomic E-state index is -4.24. The standard InChI is InChI=1S/C18H26F4N4O2/c1-2-7-26-8-5-13(6-9-26)10-24-17(27)25-14-3-4-15(23-11-14)28-12-18(21,22)16(19)20/h3-4,11,13,16H,2,5-10,12H2,1H3,(H2,24,25,27). The molecule has 2 rings (SSSR count). The number of likely N-dealkylation sites (tertiary alicyclic amines) is 1. The second kappa shape index (κ2) is 10.4. The van der Waals surface area contributed by atoms with Gasteiger partial charge in [0.15, 0.2) is 6.61 Å². The van der Waals surface area contributed by atoms with Gasteiger partial charge in [0.2, 0.25) is 5.88 Å². The van der Waals surface area contributed by atoms with Gasteiger partial charge < -0.3 is 20.3 Å². The van der Waals surface area contributed by atoms with Crippen molar-refractivity contribution in [2.45, 2.75) is 38.5 Å². The third-order valence-corrected chi connectivity index (χ3v) is 4.52. The third-order valence-electron chi connectivity index (χ3n) is 4.52. The summed E-state index contributed by atoms with van der Waals surface area (Å²) in [5, 5.41) is 5.39. The van der Waals surface area contributed by atoms with E-state index in [4.69, 9.17) is 0 Å². The summed E-state index contributed by atoms with van der Waals surface area (Å²) in [6, 6.07) is 2.22. The Kier molecular flexibility index (Phi) is 8.28. The molecule has 1 aromatic heterocycles. The highest BCUT2D eigenvalue weighted by molar-refractivity contribution is 5.88. The minimum absolute atomic E-state index is 0.231. The number of alkyl halides is 4. The van der Waals surface area contributed by atoms with Crippen LogP contribution in [-0.2, 0) is 0 Å². The summed E-state index contributed by atoms with van der Waals surface area (Å²) in [6.45, 7) is 4.44. The first-order chi connectivity index (χ1) is 13.3. The number of carbonyl (C=O) groups is 1. The van der Waals surface area contributed by atoms with Crippen molar-refractivity contribution < 1.29 is 27.1 Å². The largest absolute Gasteiger partial charge is 0.471 e. The fourth-order valence-electron chi connectivity index (χ4n) is 2.92. The van der Waals surface area contributed by atoms with Gasteiger partial charge in [0.25, 0.3) is 0 Å². The van der Waals surface area contributed by atoms with E-state index in [2.05, 4.69) is 32.2 Å². The molecule has 2 heterocycles. The number of pyridine rings is 1. The first kappa shape index (κ1) is 22.2. The summed E-state index contributed by atoms with van der Waals surface area (Å²) < 4.78 is 54.3. The lowest BCUT2D eigenvalue weighted by molar-refractivity contribution is -0.148. The maximum Gasteiger partial charge on any atom is 0.340 e. The highest BCUT2D eigenvalue weighted by atomic mass is 19.3. The zero-order chi connectivity index (χ0) is 20.6. The number of amides is 2. The zero-order valence-corrected chi connectivity index (χ0v) is 15.8. The molecule has 2 amide bonds. The number of urea groups is 1. The van der Waals surface area contributed by atoms with Gasteiger partial charge in [0.05, 0.1) is 11.9 Å². The molecule has 1 aromatic rings. The molecule has 0 radical (unpaired) electrons. The Labute approximate surface area is 161 Å². The van der Waals surface area contributed by atoms with Crippen molar-refractivity contribution in [3.8, 4) is 5.88 Å². The van der Waals surface area contributed by atoms with E-state index in [1.807, 2.05) is 0 Å². The monoisotopic (exact) mass is 406 g/mol. The molecule has 0 bridgehead atoms. The third kappa shape index (κ3) is 7.14. The Morgan fingerprint density at radius 3 is 2.64 bits per heavy atom. The van der Waals surface area contributed by atoms with Crippen LogP contribution in [0.2, 0.25) is 0 Å². The molecule has 10 heteroatoms. The average molecular weight is 406 g/mol. The van der Waals surface area contributed by atoms with Crippen molar-refractivity contribution >= 4 is 11.7 Å². The van der Waals surface area contributed by atoms with Crippen LogP contribution < -0.4 is 15.4 Å². The number of carbonyl (C=O) groups excluding carboxylic acids is 1. The van der Waals surface area contributed by atoms with E-state index in [0.717, 1.165) is 38.9 Å². The van der Waals surface area contributed by atoms with Gasteiger partial charge in [-0.1, -0.05) is 6.92 Å². The van der Waals surface area contributed by atoms with Crippen LogP contribution in [0.15, 0.2) is 18.3 Å². The number of nitrogens with one attached hydrogen (secondary N) is 2. The number of piperidine rings is 1. The predicted molar refractivity (Wildman–Crippen MR) is 97.2 cm³/mol. The van der Waals surface area contributed by atoms with Crippen LogP contribution in [0.5, 0.6) is 5.88 Å². The number of ether oxygens (including phenoxy) is 1. The number of halogens is 4. The van der Waals surface area contributed by atoms with E-state index in [1.54, 1.807) is 0 Å². The Bertz CT molecular complexity index is 608. The van der Waals surface area contributed by atoms with Crippen molar-refractivity contribution in [1.82, 2.24) is 15.2 Å². The number of nitrogens with zero attached hydrogens (tertiary/aromatic N) is 2. The van der Waals surface area contributed by atoms with Crippen LogP contribution in [0, 0.1) is 5.92 Å². The molecule has 1 saturated heterocycles. The van der Waals surface area contributed by atoms with Gasteiger partial charge in [-0.05, 0) is 50.9 Å². The van der Waals surface area contributed by atoms with Crippen LogP contribution in [0.3, 0.4) is 0 Å². The Hall–Kier alpha value is -2.10. The van der Waals surface area contributed by atoms with Crippen molar-refractivity contribution in [2.24, 2.45) is 5.92 Å². The van der Waals surface area contributed by atoms with E-state index < -0.39 is 25.0 Å². The summed E-state index contributed by atoms with van der Waals surface area (Å²) in [6.07, 6.45) is 0.612. The van der Waals surface area contributed by atoms with Gasteiger partial charge in [0, 0.05) is 12.6 Å². The van der Waals surface area contributed by atoms with E-state index in [-0.39, 0.29) is 5.88 Å². The summed E-state index contributed by atoms with van der Waals surface area (Å²) >= 11 is 0. The van der Waals surface area contributed by atoms with Crippen molar-refractivity contribution in [1.29, 1.82) is 0 Å². The molecule has 0 aliphatic carbocycles. The maximum atomic E-state index is 12.8. The molecule has 1 aliphatic rings. The number of aromatic nitrogens is 1. The number of rotatable bonds is 9. The number of anilines is 1. The first-order valence-corrected chi connectivity index (χ1v) is 9.32. The van der Waals surface area contributed by atoms with Crippen molar-refractivity contribution in [3.63, 3.8) is 0 Å². The molecule has 2 N–H and O–H groups in total. The first-order valence-electron chi connectivity index (χ1n) is 9.32. The van der Waals surface area contributed by atoms with Gasteiger partial charge in [-0.15, -0.1) is 0 Å². The lowest BCUT2D eigenvalue weighted by Gasteiger charge is -2.31. The van der Waals surface area contributed by atoms with Gasteiger partial charge in [0.1, 0.15) is 0 Å². The molecular formula is C18H26F4N4O2. The van der Waals surface area contributed by atoms with Crippen LogP contribution in [0.25, 0.3) is 0 Å². The van der Waals surface area contributed by atoms with E-state index >= 15 is 0 Å².